The van der Waals surface area contributed by atoms with Crippen molar-refractivity contribution < 1.29 is 18.9 Å². The van der Waals surface area contributed by atoms with Crippen molar-refractivity contribution >= 4 is 52.2 Å². The van der Waals surface area contributed by atoms with Crippen molar-refractivity contribution in [3.05, 3.63) is 80.5 Å². The van der Waals surface area contributed by atoms with Crippen LogP contribution in [0.15, 0.2) is 59.0 Å². The number of hydrogen-bond acceptors (Lipinski definition) is 7. The topological polar surface area (TPSA) is 92.3 Å². The van der Waals surface area contributed by atoms with Gasteiger partial charge in [0, 0.05) is 67.7 Å². The molecule has 2 aliphatic heterocycles. The molecule has 2 saturated heterocycles. The lowest BCUT2D eigenvalue weighted by molar-refractivity contribution is -0.384. The third-order valence-electron chi connectivity index (χ3n) is 6.68. The van der Waals surface area contributed by atoms with E-state index in [1.807, 2.05) is 11.0 Å². The first-order valence-corrected chi connectivity index (χ1v) is 13.0. The zero-order valence-corrected chi connectivity index (χ0v) is 22.0. The second kappa shape index (κ2) is 11.5. The molecule has 11 heteroatoms. The van der Waals surface area contributed by atoms with Gasteiger partial charge in [0.15, 0.2) is 0 Å². The monoisotopic (exact) mass is 556 g/mol. The standard InChI is InChI=1S/C27H26Cl2N4O5/c28-19-1-5-22(23(29)17-19)26-7-3-21(38-26)4-8-27(34)32-11-9-30(10-12-32)20-2-6-24(33(35)36)25(18-20)31-13-15-37-16-14-31/h1-8,17-18H,9-16H2/b8-4+. The van der Waals surface area contributed by atoms with Gasteiger partial charge in [0.25, 0.3) is 5.69 Å². The summed E-state index contributed by atoms with van der Waals surface area (Å²) >= 11 is 12.2. The van der Waals surface area contributed by atoms with Crippen LogP contribution in [0.5, 0.6) is 0 Å². The smallest absolute Gasteiger partial charge is 0.292 e. The molecule has 0 spiro atoms. The van der Waals surface area contributed by atoms with Crippen LogP contribution in [0.1, 0.15) is 5.76 Å². The molecular weight excluding hydrogens is 531 g/mol. The van der Waals surface area contributed by atoms with Gasteiger partial charge in [0.1, 0.15) is 17.2 Å². The van der Waals surface area contributed by atoms with E-state index in [-0.39, 0.29) is 16.5 Å². The Morgan fingerprint density at radius 2 is 1.68 bits per heavy atom. The van der Waals surface area contributed by atoms with Crippen LogP contribution in [0.2, 0.25) is 10.0 Å². The fraction of sp³-hybridized carbons (Fsp3) is 0.296. The van der Waals surface area contributed by atoms with Crippen LogP contribution < -0.4 is 9.80 Å². The van der Waals surface area contributed by atoms with Crippen molar-refractivity contribution in [2.75, 3.05) is 62.3 Å². The molecule has 0 bridgehead atoms. The summed E-state index contributed by atoms with van der Waals surface area (Å²) in [6.45, 7) is 4.65. The fourth-order valence-electron chi connectivity index (χ4n) is 4.64. The van der Waals surface area contributed by atoms with Crippen molar-refractivity contribution in [1.82, 2.24) is 4.90 Å². The van der Waals surface area contributed by atoms with Crippen LogP contribution >= 0.6 is 23.2 Å². The summed E-state index contributed by atoms with van der Waals surface area (Å²) in [5.41, 5.74) is 2.33. The summed E-state index contributed by atoms with van der Waals surface area (Å²) in [7, 11) is 0. The summed E-state index contributed by atoms with van der Waals surface area (Å²) in [6.07, 6.45) is 3.15. The number of nitro groups is 1. The Labute approximate surface area is 229 Å². The van der Waals surface area contributed by atoms with E-state index in [9.17, 15) is 14.9 Å². The molecule has 5 rings (SSSR count). The summed E-state index contributed by atoms with van der Waals surface area (Å²) < 4.78 is 11.2. The van der Waals surface area contributed by atoms with Crippen LogP contribution in [0, 0.1) is 10.1 Å². The molecule has 0 unspecified atom stereocenters. The number of furan rings is 1. The molecule has 0 aliphatic carbocycles. The van der Waals surface area contributed by atoms with Crippen LogP contribution in [-0.2, 0) is 9.53 Å². The van der Waals surface area contributed by atoms with Gasteiger partial charge in [0.2, 0.25) is 5.91 Å². The van der Waals surface area contributed by atoms with Gasteiger partial charge < -0.3 is 23.9 Å². The van der Waals surface area contributed by atoms with Gasteiger partial charge in [0.05, 0.1) is 23.2 Å². The van der Waals surface area contributed by atoms with Crippen LogP contribution in [-0.4, -0.2) is 68.2 Å². The SMILES string of the molecule is O=C(/C=C/c1ccc(-c2ccc(Cl)cc2Cl)o1)N1CCN(c2ccc([N+](=O)[O-])c(N3CCOCC3)c2)CC1. The maximum atomic E-state index is 12.8. The third kappa shape index (κ3) is 5.80. The fourth-order valence-corrected chi connectivity index (χ4v) is 5.14. The van der Waals surface area contributed by atoms with E-state index in [2.05, 4.69) is 4.90 Å². The minimum Gasteiger partial charge on any atom is -0.457 e. The van der Waals surface area contributed by atoms with Gasteiger partial charge in [-0.15, -0.1) is 0 Å². The highest BCUT2D eigenvalue weighted by molar-refractivity contribution is 6.36. The summed E-state index contributed by atoms with van der Waals surface area (Å²) in [6, 6.07) is 14.0. The van der Waals surface area contributed by atoms with E-state index in [0.29, 0.717) is 79.7 Å². The number of amides is 1. The molecule has 198 valence electrons. The van der Waals surface area contributed by atoms with Gasteiger partial charge in [-0.25, -0.2) is 0 Å². The maximum absolute atomic E-state index is 12.8. The highest BCUT2D eigenvalue weighted by Crippen LogP contribution is 2.34. The van der Waals surface area contributed by atoms with Gasteiger partial charge in [-0.1, -0.05) is 23.2 Å². The number of hydrogen-bond donors (Lipinski definition) is 0. The molecule has 38 heavy (non-hydrogen) atoms. The number of carbonyl (C=O) groups excluding carboxylic acids is 1. The van der Waals surface area contributed by atoms with Gasteiger partial charge in [-0.2, -0.15) is 0 Å². The normalized spacial score (nSPS) is 16.3. The van der Waals surface area contributed by atoms with Crippen LogP contribution in [0.25, 0.3) is 17.4 Å². The molecule has 1 aromatic heterocycles. The Kier molecular flexibility index (Phi) is 7.87. The van der Waals surface area contributed by atoms with E-state index in [1.165, 1.54) is 6.08 Å². The van der Waals surface area contributed by atoms with Crippen molar-refractivity contribution in [2.24, 2.45) is 0 Å². The van der Waals surface area contributed by atoms with E-state index < -0.39 is 0 Å². The summed E-state index contributed by atoms with van der Waals surface area (Å²) in [5, 5.41) is 12.6. The summed E-state index contributed by atoms with van der Waals surface area (Å²) in [5.74, 6) is 1.02. The number of carbonyl (C=O) groups is 1. The zero-order chi connectivity index (χ0) is 26.6. The zero-order valence-electron chi connectivity index (χ0n) is 20.5. The Morgan fingerprint density at radius 1 is 0.921 bits per heavy atom. The average molecular weight is 557 g/mol. The van der Waals surface area contributed by atoms with Crippen molar-refractivity contribution in [3.8, 4) is 11.3 Å². The van der Waals surface area contributed by atoms with Gasteiger partial charge >= 0.3 is 0 Å². The van der Waals surface area contributed by atoms with Crippen LogP contribution in [0.3, 0.4) is 0 Å². The first-order valence-electron chi connectivity index (χ1n) is 12.3. The second-order valence-corrected chi connectivity index (χ2v) is 9.85. The van der Waals surface area contributed by atoms with Crippen molar-refractivity contribution in [1.29, 1.82) is 0 Å². The second-order valence-electron chi connectivity index (χ2n) is 9.00. The first-order chi connectivity index (χ1) is 18.4. The van der Waals surface area contributed by atoms with E-state index in [1.54, 1.807) is 53.4 Å². The number of benzene rings is 2. The van der Waals surface area contributed by atoms with E-state index in [0.717, 1.165) is 11.3 Å². The predicted octanol–water partition coefficient (Wildman–Crippen LogP) is 5.36. The minimum atomic E-state index is -0.344. The largest absolute Gasteiger partial charge is 0.457 e. The first kappa shape index (κ1) is 26.1. The molecule has 9 nitrogen and oxygen atoms in total. The molecule has 3 aromatic rings. The molecule has 3 heterocycles. The van der Waals surface area contributed by atoms with Gasteiger partial charge in [-0.05, 0) is 48.5 Å². The molecule has 0 N–H and O–H groups in total. The summed E-state index contributed by atoms with van der Waals surface area (Å²) in [4.78, 5) is 30.0. The molecular formula is C27H26Cl2N4O5. The lowest BCUT2D eigenvalue weighted by atomic mass is 10.1. The maximum Gasteiger partial charge on any atom is 0.292 e. The number of piperazine rings is 1. The number of nitrogens with zero attached hydrogens (tertiary/aromatic N) is 4. The molecule has 2 aromatic carbocycles. The third-order valence-corrected chi connectivity index (χ3v) is 7.23. The lowest BCUT2D eigenvalue weighted by Crippen LogP contribution is -2.48. The number of nitro benzene ring substituents is 1. The van der Waals surface area contributed by atoms with Crippen molar-refractivity contribution in [3.63, 3.8) is 0 Å². The molecule has 2 aliphatic rings. The highest BCUT2D eigenvalue weighted by Gasteiger charge is 2.25. The minimum absolute atomic E-state index is 0.0917. The van der Waals surface area contributed by atoms with Gasteiger partial charge in [-0.3, -0.25) is 14.9 Å². The Morgan fingerprint density at radius 3 is 2.39 bits per heavy atom. The number of rotatable bonds is 6. The molecule has 0 atom stereocenters. The van der Waals surface area contributed by atoms with Crippen molar-refractivity contribution in [2.45, 2.75) is 0 Å². The number of morpholine rings is 1. The van der Waals surface area contributed by atoms with E-state index >= 15 is 0 Å². The van der Waals surface area contributed by atoms with Crippen LogP contribution in [0.4, 0.5) is 17.1 Å². The Hall–Kier alpha value is -3.53. The molecule has 1 amide bonds. The molecule has 0 saturated carbocycles. The average Bonchev–Trinajstić information content (AvgIpc) is 3.40. The molecule has 0 radical (unpaired) electrons. The Bertz CT molecular complexity index is 1360. The predicted molar refractivity (Wildman–Crippen MR) is 148 cm³/mol. The quantitative estimate of drug-likeness (QED) is 0.229. The highest BCUT2D eigenvalue weighted by atomic mass is 35.5. The number of anilines is 2. The van der Waals surface area contributed by atoms with E-state index in [4.69, 9.17) is 32.4 Å². The Balaban J connectivity index is 1.21. The number of halogens is 2. The molecule has 2 fully saturated rings. The lowest BCUT2D eigenvalue weighted by Gasteiger charge is -2.36. The number of ether oxygens (including phenoxy) is 1.